The van der Waals surface area contributed by atoms with Gasteiger partial charge in [0.15, 0.2) is 0 Å². The number of nitrogens with one attached hydrogen (secondary N) is 1. The van der Waals surface area contributed by atoms with E-state index in [1.165, 1.54) is 11.9 Å². The average Bonchev–Trinajstić information content (AvgIpc) is 2.15. The largest absolute Gasteiger partial charge is 0.478 e. The Balaban J connectivity index is 2.73. The number of carboxylic acids is 1. The molecule has 1 aromatic carbocycles. The predicted octanol–water partition coefficient (Wildman–Crippen LogP) is 1.75. The third kappa shape index (κ3) is 3.08. The van der Waals surface area contributed by atoms with Gasteiger partial charge in [-0.2, -0.15) is 0 Å². The summed E-state index contributed by atoms with van der Waals surface area (Å²) >= 11 is 1.54. The highest BCUT2D eigenvalue weighted by atomic mass is 32.2. The first-order valence-electron chi connectivity index (χ1n) is 3.85. The molecule has 0 spiro atoms. The molecule has 0 fully saturated rings. The average molecular weight is 197 g/mol. The van der Waals surface area contributed by atoms with Crippen LogP contribution in [-0.4, -0.2) is 18.1 Å². The molecule has 3 nitrogen and oxygen atoms in total. The van der Waals surface area contributed by atoms with Crippen molar-refractivity contribution in [1.29, 1.82) is 0 Å². The molecular weight excluding hydrogens is 186 g/mol. The van der Waals surface area contributed by atoms with Crippen LogP contribution in [-0.2, 0) is 5.75 Å². The third-order valence-electron chi connectivity index (χ3n) is 1.56. The van der Waals surface area contributed by atoms with Crippen LogP contribution in [0.1, 0.15) is 15.9 Å². The first kappa shape index (κ1) is 10.1. The van der Waals surface area contributed by atoms with Crippen LogP contribution in [0.25, 0.3) is 0 Å². The Morgan fingerprint density at radius 2 is 2.38 bits per heavy atom. The molecular formula is C9H11NO2S. The van der Waals surface area contributed by atoms with E-state index in [4.69, 9.17) is 5.11 Å². The fourth-order valence-electron chi connectivity index (χ4n) is 0.950. The van der Waals surface area contributed by atoms with Crippen LogP contribution in [0.5, 0.6) is 0 Å². The molecule has 13 heavy (non-hydrogen) atoms. The second-order valence-electron chi connectivity index (χ2n) is 2.50. The van der Waals surface area contributed by atoms with Crippen molar-refractivity contribution in [3.63, 3.8) is 0 Å². The molecule has 0 atom stereocenters. The first-order chi connectivity index (χ1) is 6.24. The van der Waals surface area contributed by atoms with Gasteiger partial charge in [0.05, 0.1) is 5.56 Å². The van der Waals surface area contributed by atoms with Crippen molar-refractivity contribution in [2.45, 2.75) is 5.75 Å². The van der Waals surface area contributed by atoms with Crippen LogP contribution in [0.4, 0.5) is 0 Å². The van der Waals surface area contributed by atoms with Gasteiger partial charge in [0.25, 0.3) is 0 Å². The van der Waals surface area contributed by atoms with Crippen molar-refractivity contribution in [3.8, 4) is 0 Å². The molecule has 1 rings (SSSR count). The van der Waals surface area contributed by atoms with E-state index >= 15 is 0 Å². The zero-order valence-corrected chi connectivity index (χ0v) is 8.10. The highest BCUT2D eigenvalue weighted by molar-refractivity contribution is 7.96. The number of hydrogen-bond acceptors (Lipinski definition) is 3. The summed E-state index contributed by atoms with van der Waals surface area (Å²) in [6.45, 7) is 0. The number of carbonyl (C=O) groups is 1. The van der Waals surface area contributed by atoms with Crippen LogP contribution >= 0.6 is 11.9 Å². The molecule has 0 bridgehead atoms. The Hall–Kier alpha value is -1.00. The summed E-state index contributed by atoms with van der Waals surface area (Å²) in [5.41, 5.74) is 1.36. The molecule has 0 saturated carbocycles. The molecule has 0 unspecified atom stereocenters. The van der Waals surface area contributed by atoms with E-state index in [2.05, 4.69) is 4.72 Å². The maximum Gasteiger partial charge on any atom is 0.335 e. The van der Waals surface area contributed by atoms with Gasteiger partial charge in [0, 0.05) is 5.75 Å². The van der Waals surface area contributed by atoms with E-state index < -0.39 is 5.97 Å². The molecule has 0 saturated heterocycles. The Labute approximate surface area is 81.3 Å². The molecule has 70 valence electrons. The Morgan fingerprint density at radius 3 is 3.00 bits per heavy atom. The van der Waals surface area contributed by atoms with Crippen molar-refractivity contribution in [2.24, 2.45) is 0 Å². The molecule has 0 aliphatic carbocycles. The van der Waals surface area contributed by atoms with Gasteiger partial charge in [-0.3, -0.25) is 4.72 Å². The molecule has 0 aliphatic heterocycles. The van der Waals surface area contributed by atoms with Crippen molar-refractivity contribution >= 4 is 17.9 Å². The highest BCUT2D eigenvalue weighted by Crippen LogP contribution is 2.10. The topological polar surface area (TPSA) is 49.3 Å². The van der Waals surface area contributed by atoms with Crippen LogP contribution < -0.4 is 4.72 Å². The summed E-state index contributed by atoms with van der Waals surface area (Å²) in [4.78, 5) is 10.6. The molecule has 0 aromatic heterocycles. The van der Waals surface area contributed by atoms with E-state index in [1.54, 1.807) is 18.2 Å². The quantitative estimate of drug-likeness (QED) is 0.722. The summed E-state index contributed by atoms with van der Waals surface area (Å²) in [5.74, 6) is -0.103. The highest BCUT2D eigenvalue weighted by Gasteiger charge is 2.02. The van der Waals surface area contributed by atoms with Crippen LogP contribution in [0, 0.1) is 0 Å². The Morgan fingerprint density at radius 1 is 1.62 bits per heavy atom. The molecule has 0 amide bonds. The number of benzene rings is 1. The summed E-state index contributed by atoms with van der Waals surface area (Å²) in [6, 6.07) is 6.95. The number of hydrogen-bond donors (Lipinski definition) is 2. The third-order valence-corrected chi connectivity index (χ3v) is 2.32. The van der Waals surface area contributed by atoms with Crippen LogP contribution in [0.3, 0.4) is 0 Å². The lowest BCUT2D eigenvalue weighted by Gasteiger charge is -2.00. The van der Waals surface area contributed by atoms with Crippen molar-refractivity contribution < 1.29 is 9.90 Å². The Kier molecular flexibility index (Phi) is 3.79. The molecule has 1 aromatic rings. The van der Waals surface area contributed by atoms with Gasteiger partial charge in [-0.1, -0.05) is 24.1 Å². The molecule has 2 N–H and O–H groups in total. The lowest BCUT2D eigenvalue weighted by molar-refractivity contribution is 0.0697. The van der Waals surface area contributed by atoms with Crippen molar-refractivity contribution in [2.75, 3.05) is 7.05 Å². The van der Waals surface area contributed by atoms with Crippen molar-refractivity contribution in [1.82, 2.24) is 4.72 Å². The predicted molar refractivity (Wildman–Crippen MR) is 53.8 cm³/mol. The number of rotatable bonds is 4. The zero-order valence-electron chi connectivity index (χ0n) is 7.28. The van der Waals surface area contributed by atoms with E-state index in [0.717, 1.165) is 11.3 Å². The van der Waals surface area contributed by atoms with E-state index in [9.17, 15) is 4.79 Å². The van der Waals surface area contributed by atoms with Crippen LogP contribution in [0.2, 0.25) is 0 Å². The van der Waals surface area contributed by atoms with Gasteiger partial charge in [-0.15, -0.1) is 0 Å². The van der Waals surface area contributed by atoms with E-state index in [0.29, 0.717) is 5.56 Å². The minimum atomic E-state index is -0.878. The van der Waals surface area contributed by atoms with E-state index in [1.807, 2.05) is 13.1 Å². The van der Waals surface area contributed by atoms with Gasteiger partial charge in [-0.25, -0.2) is 4.79 Å². The van der Waals surface area contributed by atoms with Crippen molar-refractivity contribution in [3.05, 3.63) is 35.4 Å². The summed E-state index contributed by atoms with van der Waals surface area (Å²) in [6.07, 6.45) is 0. The minimum absolute atomic E-state index is 0.342. The molecule has 4 heteroatoms. The summed E-state index contributed by atoms with van der Waals surface area (Å²) in [5, 5.41) is 8.71. The fourth-order valence-corrected chi connectivity index (χ4v) is 1.44. The lowest BCUT2D eigenvalue weighted by atomic mass is 10.1. The minimum Gasteiger partial charge on any atom is -0.478 e. The fraction of sp³-hybridized carbons (Fsp3) is 0.222. The summed E-state index contributed by atoms with van der Waals surface area (Å²) in [7, 11) is 1.84. The van der Waals surface area contributed by atoms with Gasteiger partial charge < -0.3 is 5.11 Å². The lowest BCUT2D eigenvalue weighted by Crippen LogP contribution is -1.98. The molecule has 0 aliphatic rings. The molecule has 0 heterocycles. The second-order valence-corrected chi connectivity index (χ2v) is 3.48. The normalized spacial score (nSPS) is 9.92. The van der Waals surface area contributed by atoms with Gasteiger partial charge in [0.1, 0.15) is 0 Å². The number of carboxylic acid groups (broad SMARTS) is 1. The van der Waals surface area contributed by atoms with Crippen LogP contribution in [0.15, 0.2) is 24.3 Å². The first-order valence-corrected chi connectivity index (χ1v) is 4.83. The van der Waals surface area contributed by atoms with Gasteiger partial charge in [-0.05, 0) is 24.7 Å². The van der Waals surface area contributed by atoms with E-state index in [-0.39, 0.29) is 0 Å². The summed E-state index contributed by atoms with van der Waals surface area (Å²) < 4.78 is 2.93. The zero-order chi connectivity index (χ0) is 9.68. The SMILES string of the molecule is CNSCc1cccc(C(=O)O)c1. The van der Waals surface area contributed by atoms with Gasteiger partial charge in [0.2, 0.25) is 0 Å². The van der Waals surface area contributed by atoms with Gasteiger partial charge >= 0.3 is 5.97 Å². The monoisotopic (exact) mass is 197 g/mol. The second kappa shape index (κ2) is 4.89. The maximum atomic E-state index is 10.6. The Bertz CT molecular complexity index is 301. The standard InChI is InChI=1S/C9H11NO2S/c1-10-13-6-7-3-2-4-8(5-7)9(11)12/h2-5,10H,6H2,1H3,(H,11,12). The number of aromatic carboxylic acids is 1. The molecule has 0 radical (unpaired) electrons. The maximum absolute atomic E-state index is 10.6. The smallest absolute Gasteiger partial charge is 0.335 e.